The molecule has 1 aromatic carbocycles. The summed E-state index contributed by atoms with van der Waals surface area (Å²) < 4.78 is 25.4. The van der Waals surface area contributed by atoms with E-state index in [9.17, 15) is 13.2 Å². The summed E-state index contributed by atoms with van der Waals surface area (Å²) in [5.74, 6) is -0.961. The molecule has 6 nitrogen and oxygen atoms in total. The van der Waals surface area contributed by atoms with E-state index in [0.717, 1.165) is 4.31 Å². The summed E-state index contributed by atoms with van der Waals surface area (Å²) in [6.45, 7) is 0.116. The van der Waals surface area contributed by atoms with Crippen LogP contribution in [-0.2, 0) is 14.8 Å². The van der Waals surface area contributed by atoms with E-state index >= 15 is 0 Å². The monoisotopic (exact) mass is 282 g/mol. The number of carboxylic acid groups (broad SMARTS) is 1. The lowest BCUT2D eigenvalue weighted by Crippen LogP contribution is -2.28. The quantitative estimate of drug-likeness (QED) is 0.840. The van der Waals surface area contributed by atoms with Crippen molar-refractivity contribution in [3.63, 3.8) is 0 Å². The maximum atomic E-state index is 12.1. The molecule has 0 aromatic heterocycles. The zero-order valence-corrected chi connectivity index (χ0v) is 11.2. The molecule has 0 aliphatic heterocycles. The van der Waals surface area contributed by atoms with Crippen LogP contribution < -0.4 is 0 Å². The Kier molecular flexibility index (Phi) is 5.03. The lowest BCUT2D eigenvalue weighted by atomic mass is 10.2. The van der Waals surface area contributed by atoms with Gasteiger partial charge in [0.1, 0.15) is 0 Å². The van der Waals surface area contributed by atoms with Gasteiger partial charge in [-0.2, -0.15) is 5.26 Å². The number of aliphatic carboxylic acids is 1. The van der Waals surface area contributed by atoms with Crippen molar-refractivity contribution in [3.8, 4) is 6.07 Å². The van der Waals surface area contributed by atoms with Gasteiger partial charge in [-0.25, -0.2) is 12.7 Å². The van der Waals surface area contributed by atoms with Crippen LogP contribution in [0.15, 0.2) is 29.2 Å². The van der Waals surface area contributed by atoms with Gasteiger partial charge in [0.05, 0.1) is 16.5 Å². The van der Waals surface area contributed by atoms with Gasteiger partial charge in [-0.1, -0.05) is 6.07 Å². The van der Waals surface area contributed by atoms with Crippen molar-refractivity contribution in [2.24, 2.45) is 0 Å². The second-order valence-electron chi connectivity index (χ2n) is 3.96. The Morgan fingerprint density at radius 1 is 1.47 bits per heavy atom. The van der Waals surface area contributed by atoms with E-state index in [1.54, 1.807) is 0 Å². The highest BCUT2D eigenvalue weighted by atomic mass is 32.2. The van der Waals surface area contributed by atoms with E-state index < -0.39 is 16.0 Å². The second-order valence-corrected chi connectivity index (χ2v) is 6.01. The number of sulfonamides is 1. The van der Waals surface area contributed by atoms with Gasteiger partial charge < -0.3 is 5.11 Å². The lowest BCUT2D eigenvalue weighted by molar-refractivity contribution is -0.137. The molecule has 0 atom stereocenters. The largest absolute Gasteiger partial charge is 0.481 e. The third-order valence-corrected chi connectivity index (χ3v) is 4.39. The molecule has 0 saturated heterocycles. The third kappa shape index (κ3) is 4.05. The first kappa shape index (κ1) is 15.1. The molecule has 0 fully saturated rings. The highest BCUT2D eigenvalue weighted by Crippen LogP contribution is 2.16. The Balaban J connectivity index is 2.85. The van der Waals surface area contributed by atoms with Crippen LogP contribution in [-0.4, -0.2) is 37.4 Å². The molecule has 0 heterocycles. The first-order chi connectivity index (χ1) is 8.87. The molecule has 0 saturated carbocycles. The molecule has 7 heteroatoms. The van der Waals surface area contributed by atoms with Gasteiger partial charge in [0.2, 0.25) is 10.0 Å². The fourth-order valence-electron chi connectivity index (χ4n) is 1.48. The van der Waals surface area contributed by atoms with Crippen LogP contribution in [0, 0.1) is 11.3 Å². The van der Waals surface area contributed by atoms with Gasteiger partial charge in [0.25, 0.3) is 0 Å². The van der Waals surface area contributed by atoms with Gasteiger partial charge >= 0.3 is 5.97 Å². The molecule has 0 unspecified atom stereocenters. The number of nitriles is 1. The predicted octanol–water partition coefficient (Wildman–Crippen LogP) is 1.04. The van der Waals surface area contributed by atoms with Gasteiger partial charge in [0.15, 0.2) is 0 Å². The molecule has 19 heavy (non-hydrogen) atoms. The molecule has 0 aliphatic carbocycles. The highest BCUT2D eigenvalue weighted by Gasteiger charge is 2.20. The van der Waals surface area contributed by atoms with E-state index in [-0.39, 0.29) is 29.8 Å². The average Bonchev–Trinajstić information content (AvgIpc) is 2.38. The van der Waals surface area contributed by atoms with Crippen molar-refractivity contribution in [1.82, 2.24) is 4.31 Å². The standard InChI is InChI=1S/C12H14N2O4S/c1-14(7-3-6-12(15)16)19(17,18)11-5-2-4-10(8-11)9-13/h2,4-5,8H,3,6-7H2,1H3,(H,15,16). The Morgan fingerprint density at radius 2 is 2.16 bits per heavy atom. The predicted molar refractivity (Wildman–Crippen MR) is 67.8 cm³/mol. The molecule has 1 rings (SSSR count). The van der Waals surface area contributed by atoms with Crippen molar-refractivity contribution in [1.29, 1.82) is 5.26 Å². The van der Waals surface area contributed by atoms with E-state index in [1.165, 1.54) is 31.3 Å². The summed E-state index contributed by atoms with van der Waals surface area (Å²) >= 11 is 0. The van der Waals surface area contributed by atoms with E-state index in [4.69, 9.17) is 10.4 Å². The SMILES string of the molecule is CN(CCCC(=O)O)S(=O)(=O)c1cccc(C#N)c1. The molecule has 0 amide bonds. The maximum absolute atomic E-state index is 12.1. The molecule has 0 bridgehead atoms. The van der Waals surface area contributed by atoms with Crippen LogP contribution in [0.1, 0.15) is 18.4 Å². The molecule has 0 spiro atoms. The third-order valence-electron chi connectivity index (χ3n) is 2.53. The van der Waals surface area contributed by atoms with E-state index in [1.807, 2.05) is 6.07 Å². The van der Waals surface area contributed by atoms with Gasteiger partial charge in [0, 0.05) is 20.0 Å². The van der Waals surface area contributed by atoms with E-state index in [0.29, 0.717) is 0 Å². The molecular formula is C12H14N2O4S. The number of rotatable bonds is 6. The molecular weight excluding hydrogens is 268 g/mol. The number of nitrogens with zero attached hydrogens (tertiary/aromatic N) is 2. The summed E-state index contributed by atoms with van der Waals surface area (Å²) in [7, 11) is -2.30. The van der Waals surface area contributed by atoms with Crippen LogP contribution >= 0.6 is 0 Å². The van der Waals surface area contributed by atoms with Crippen LogP contribution in [0.4, 0.5) is 0 Å². The highest BCUT2D eigenvalue weighted by molar-refractivity contribution is 7.89. The van der Waals surface area contributed by atoms with Gasteiger partial charge in [-0.05, 0) is 24.6 Å². The summed E-state index contributed by atoms with van der Waals surface area (Å²) in [5, 5.41) is 17.3. The number of hydrogen-bond donors (Lipinski definition) is 1. The van der Waals surface area contributed by atoms with Crippen molar-refractivity contribution in [2.75, 3.05) is 13.6 Å². The first-order valence-electron chi connectivity index (χ1n) is 5.56. The number of hydrogen-bond acceptors (Lipinski definition) is 4. The lowest BCUT2D eigenvalue weighted by Gasteiger charge is -2.16. The Bertz CT molecular complexity index is 604. The van der Waals surface area contributed by atoms with Gasteiger partial charge in [-0.3, -0.25) is 4.79 Å². The van der Waals surface area contributed by atoms with Crippen molar-refractivity contribution >= 4 is 16.0 Å². The Labute approximate surface area is 111 Å². The van der Waals surface area contributed by atoms with Crippen molar-refractivity contribution < 1.29 is 18.3 Å². The van der Waals surface area contributed by atoms with Crippen molar-refractivity contribution in [2.45, 2.75) is 17.7 Å². The summed E-state index contributed by atoms with van der Waals surface area (Å²) in [6, 6.07) is 7.59. The molecule has 1 aromatic rings. The Hall–Kier alpha value is -1.91. The number of carboxylic acids is 1. The maximum Gasteiger partial charge on any atom is 0.303 e. The zero-order chi connectivity index (χ0) is 14.5. The zero-order valence-electron chi connectivity index (χ0n) is 10.4. The van der Waals surface area contributed by atoms with E-state index in [2.05, 4.69) is 0 Å². The fourth-order valence-corrected chi connectivity index (χ4v) is 2.73. The second kappa shape index (κ2) is 6.31. The van der Waals surface area contributed by atoms with Crippen LogP contribution in [0.25, 0.3) is 0 Å². The smallest absolute Gasteiger partial charge is 0.303 e. The normalized spacial score (nSPS) is 11.2. The van der Waals surface area contributed by atoms with Crippen LogP contribution in [0.2, 0.25) is 0 Å². The van der Waals surface area contributed by atoms with Crippen LogP contribution in [0.5, 0.6) is 0 Å². The van der Waals surface area contributed by atoms with Crippen molar-refractivity contribution in [3.05, 3.63) is 29.8 Å². The summed E-state index contributed by atoms with van der Waals surface area (Å²) in [6.07, 6.45) is 0.154. The minimum atomic E-state index is -3.68. The minimum absolute atomic E-state index is 0.0318. The van der Waals surface area contributed by atoms with Gasteiger partial charge in [-0.15, -0.1) is 0 Å². The average molecular weight is 282 g/mol. The topological polar surface area (TPSA) is 98.5 Å². The fraction of sp³-hybridized carbons (Fsp3) is 0.333. The number of carbonyl (C=O) groups is 1. The molecule has 0 radical (unpaired) electrons. The van der Waals surface area contributed by atoms with Crippen LogP contribution in [0.3, 0.4) is 0 Å². The summed E-state index contributed by atoms with van der Waals surface area (Å²) in [4.78, 5) is 10.4. The molecule has 0 aliphatic rings. The molecule has 102 valence electrons. The first-order valence-corrected chi connectivity index (χ1v) is 7.00. The Morgan fingerprint density at radius 3 is 2.74 bits per heavy atom. The summed E-state index contributed by atoms with van der Waals surface area (Å²) in [5.41, 5.74) is 0.264. The minimum Gasteiger partial charge on any atom is -0.481 e. The number of benzene rings is 1. The molecule has 1 N–H and O–H groups in total.